The molecule has 1 saturated heterocycles. The maximum absolute atomic E-state index is 12.4. The van der Waals surface area contributed by atoms with E-state index in [0.717, 1.165) is 37.4 Å². The normalized spacial score (nSPS) is 16.1. The molecule has 1 aliphatic heterocycles. The van der Waals surface area contributed by atoms with Gasteiger partial charge in [-0.1, -0.05) is 62.4 Å². The van der Waals surface area contributed by atoms with Gasteiger partial charge in [-0.3, -0.25) is 4.79 Å². The molecule has 4 nitrogen and oxygen atoms in total. The number of hydrogen-bond acceptors (Lipinski definition) is 3. The molecule has 1 fully saturated rings. The van der Waals surface area contributed by atoms with E-state index in [1.54, 1.807) is 0 Å². The minimum Gasteiger partial charge on any atom is -0.483 e. The van der Waals surface area contributed by atoms with Crippen LogP contribution in [0.2, 0.25) is 0 Å². The van der Waals surface area contributed by atoms with E-state index >= 15 is 0 Å². The average Bonchev–Trinajstić information content (AvgIpc) is 2.72. The Morgan fingerprint density at radius 1 is 1.07 bits per heavy atom. The van der Waals surface area contributed by atoms with Crippen molar-refractivity contribution in [2.24, 2.45) is 0 Å². The number of amides is 1. The molecule has 0 aliphatic carbocycles. The van der Waals surface area contributed by atoms with Gasteiger partial charge in [-0.25, -0.2) is 0 Å². The molecule has 0 spiro atoms. The smallest absolute Gasteiger partial charge is 0.257 e. The van der Waals surface area contributed by atoms with Crippen molar-refractivity contribution in [2.45, 2.75) is 38.0 Å². The molecule has 1 N–H and O–H groups in total. The van der Waals surface area contributed by atoms with Crippen LogP contribution in [-0.2, 0) is 14.9 Å². The highest BCUT2D eigenvalue weighted by Crippen LogP contribution is 2.34. The second-order valence-electron chi connectivity index (χ2n) is 7.52. The Bertz CT molecular complexity index is 736. The molecule has 0 bridgehead atoms. The first-order valence-corrected chi connectivity index (χ1v) is 9.72. The Labute approximate surface area is 161 Å². The summed E-state index contributed by atoms with van der Waals surface area (Å²) in [5.41, 5.74) is 2.32. The predicted octanol–water partition coefficient (Wildman–Crippen LogP) is 4.05. The zero-order chi connectivity index (χ0) is 19.1. The van der Waals surface area contributed by atoms with Crippen molar-refractivity contribution in [1.29, 1.82) is 0 Å². The van der Waals surface area contributed by atoms with Gasteiger partial charge in [0.05, 0.1) is 0 Å². The lowest BCUT2D eigenvalue weighted by Crippen LogP contribution is -2.45. The summed E-state index contributed by atoms with van der Waals surface area (Å²) in [6.45, 7) is 6.33. The zero-order valence-corrected chi connectivity index (χ0v) is 16.2. The van der Waals surface area contributed by atoms with E-state index in [-0.39, 0.29) is 17.9 Å². The van der Waals surface area contributed by atoms with Crippen LogP contribution in [0.4, 0.5) is 0 Å². The number of hydrogen-bond donors (Lipinski definition) is 1. The summed E-state index contributed by atoms with van der Waals surface area (Å²) >= 11 is 0. The summed E-state index contributed by atoms with van der Waals surface area (Å²) in [6, 6.07) is 18.3. The number of carbonyl (C=O) groups excluding carboxylic acids is 1. The summed E-state index contributed by atoms with van der Waals surface area (Å²) in [6.07, 6.45) is 1.82. The van der Waals surface area contributed by atoms with Crippen molar-refractivity contribution in [3.63, 3.8) is 0 Å². The molecular weight excluding hydrogens is 338 g/mol. The van der Waals surface area contributed by atoms with Crippen LogP contribution >= 0.6 is 0 Å². The van der Waals surface area contributed by atoms with Crippen LogP contribution in [-0.4, -0.2) is 32.3 Å². The van der Waals surface area contributed by atoms with Gasteiger partial charge in [-0.15, -0.1) is 0 Å². The van der Waals surface area contributed by atoms with E-state index in [0.29, 0.717) is 12.5 Å². The van der Waals surface area contributed by atoms with E-state index < -0.39 is 0 Å². The minimum atomic E-state index is -0.0876. The fourth-order valence-electron chi connectivity index (χ4n) is 3.67. The second-order valence-corrected chi connectivity index (χ2v) is 7.52. The van der Waals surface area contributed by atoms with Gasteiger partial charge >= 0.3 is 0 Å². The van der Waals surface area contributed by atoms with Gasteiger partial charge in [0, 0.05) is 25.2 Å². The maximum atomic E-state index is 12.4. The standard InChI is InChI=1S/C23H29NO3/c1-18(2)20-10-6-7-11-21(20)27-16-22(25)24-17-23(12-14-26-15-13-23)19-8-4-3-5-9-19/h3-11,18H,12-17H2,1-2H3,(H,24,25). The molecule has 0 aromatic heterocycles. The minimum absolute atomic E-state index is 0.0328. The predicted molar refractivity (Wildman–Crippen MR) is 107 cm³/mol. The Kier molecular flexibility index (Phi) is 6.51. The number of ether oxygens (including phenoxy) is 2. The summed E-state index contributed by atoms with van der Waals surface area (Å²) in [7, 11) is 0. The summed E-state index contributed by atoms with van der Waals surface area (Å²) in [5.74, 6) is 1.05. The molecule has 1 aliphatic rings. The number of nitrogens with one attached hydrogen (secondary N) is 1. The average molecular weight is 367 g/mol. The van der Waals surface area contributed by atoms with Crippen molar-refractivity contribution in [3.8, 4) is 5.75 Å². The topological polar surface area (TPSA) is 47.6 Å². The quantitative estimate of drug-likeness (QED) is 0.803. The lowest BCUT2D eigenvalue weighted by molar-refractivity contribution is -0.123. The molecule has 0 unspecified atom stereocenters. The van der Waals surface area contributed by atoms with E-state index in [2.05, 4.69) is 43.4 Å². The van der Waals surface area contributed by atoms with Gasteiger partial charge in [-0.2, -0.15) is 0 Å². The lowest BCUT2D eigenvalue weighted by Gasteiger charge is -2.38. The molecule has 0 atom stereocenters. The molecule has 3 rings (SSSR count). The molecule has 144 valence electrons. The SMILES string of the molecule is CC(C)c1ccccc1OCC(=O)NCC1(c2ccccc2)CCOCC1. The number of para-hydroxylation sites is 1. The van der Waals surface area contributed by atoms with Crippen LogP contribution in [0, 0.1) is 0 Å². The van der Waals surface area contributed by atoms with Gasteiger partial charge in [-0.05, 0) is 36.0 Å². The summed E-state index contributed by atoms with van der Waals surface area (Å²) in [5, 5.41) is 3.09. The maximum Gasteiger partial charge on any atom is 0.257 e. The van der Waals surface area contributed by atoms with Crippen molar-refractivity contribution < 1.29 is 14.3 Å². The highest BCUT2D eigenvalue weighted by atomic mass is 16.5. The summed E-state index contributed by atoms with van der Waals surface area (Å²) in [4.78, 5) is 12.4. The number of rotatable bonds is 7. The first-order valence-electron chi connectivity index (χ1n) is 9.72. The fourth-order valence-corrected chi connectivity index (χ4v) is 3.67. The zero-order valence-electron chi connectivity index (χ0n) is 16.2. The molecule has 2 aromatic carbocycles. The third-order valence-corrected chi connectivity index (χ3v) is 5.36. The Balaban J connectivity index is 1.60. The van der Waals surface area contributed by atoms with Crippen molar-refractivity contribution in [3.05, 3.63) is 65.7 Å². The molecule has 1 amide bonds. The highest BCUT2D eigenvalue weighted by molar-refractivity contribution is 5.77. The monoisotopic (exact) mass is 367 g/mol. The van der Waals surface area contributed by atoms with Crippen LogP contribution < -0.4 is 10.1 Å². The van der Waals surface area contributed by atoms with Gasteiger partial charge in [0.25, 0.3) is 5.91 Å². The first-order chi connectivity index (χ1) is 13.1. The third kappa shape index (κ3) is 4.89. The molecule has 4 heteroatoms. The summed E-state index contributed by atoms with van der Waals surface area (Å²) < 4.78 is 11.4. The second kappa shape index (κ2) is 9.05. The largest absolute Gasteiger partial charge is 0.483 e. The van der Waals surface area contributed by atoms with Crippen LogP contribution in [0.25, 0.3) is 0 Å². The van der Waals surface area contributed by atoms with Crippen LogP contribution in [0.3, 0.4) is 0 Å². The Morgan fingerprint density at radius 3 is 2.44 bits per heavy atom. The number of benzene rings is 2. The number of carbonyl (C=O) groups is 1. The molecular formula is C23H29NO3. The van der Waals surface area contributed by atoms with Crippen LogP contribution in [0.5, 0.6) is 5.75 Å². The fraction of sp³-hybridized carbons (Fsp3) is 0.435. The molecule has 2 aromatic rings. The van der Waals surface area contributed by atoms with Crippen molar-refractivity contribution in [2.75, 3.05) is 26.4 Å². The van der Waals surface area contributed by atoms with Gasteiger partial charge in [0.2, 0.25) is 0 Å². The third-order valence-electron chi connectivity index (χ3n) is 5.36. The Hall–Kier alpha value is -2.33. The van der Waals surface area contributed by atoms with Crippen LogP contribution in [0.15, 0.2) is 54.6 Å². The van der Waals surface area contributed by atoms with E-state index in [1.807, 2.05) is 30.3 Å². The highest BCUT2D eigenvalue weighted by Gasteiger charge is 2.34. The van der Waals surface area contributed by atoms with Gasteiger partial charge in [0.15, 0.2) is 6.61 Å². The molecule has 0 saturated carbocycles. The van der Waals surface area contributed by atoms with Gasteiger partial charge in [0.1, 0.15) is 5.75 Å². The van der Waals surface area contributed by atoms with Crippen molar-refractivity contribution >= 4 is 5.91 Å². The molecule has 27 heavy (non-hydrogen) atoms. The molecule has 0 radical (unpaired) electrons. The van der Waals surface area contributed by atoms with E-state index in [1.165, 1.54) is 5.56 Å². The van der Waals surface area contributed by atoms with E-state index in [9.17, 15) is 4.79 Å². The van der Waals surface area contributed by atoms with Crippen LogP contribution in [0.1, 0.15) is 43.7 Å². The van der Waals surface area contributed by atoms with Crippen molar-refractivity contribution in [1.82, 2.24) is 5.32 Å². The van der Waals surface area contributed by atoms with Gasteiger partial charge < -0.3 is 14.8 Å². The first kappa shape index (κ1) is 19.4. The molecule has 1 heterocycles. The van der Waals surface area contributed by atoms with E-state index in [4.69, 9.17) is 9.47 Å². The Morgan fingerprint density at radius 2 is 1.74 bits per heavy atom. The lowest BCUT2D eigenvalue weighted by atomic mass is 9.74.